The largest absolute Gasteiger partial charge is 0.299 e. The predicted octanol–water partition coefficient (Wildman–Crippen LogP) is 3.16. The number of nitrogens with zero attached hydrogens (tertiary/aromatic N) is 1. The minimum atomic E-state index is 0.266. The van der Waals surface area contributed by atoms with Gasteiger partial charge >= 0.3 is 0 Å². The summed E-state index contributed by atoms with van der Waals surface area (Å²) in [5.74, 6) is 5.26. The molecule has 98 valence electrons. The molecule has 0 fully saturated rings. The molecule has 0 bridgehead atoms. The van der Waals surface area contributed by atoms with Gasteiger partial charge in [-0.05, 0) is 39.8 Å². The lowest BCUT2D eigenvalue weighted by Crippen LogP contribution is -2.26. The number of nitrogens with two attached hydrogens (primary N) is 1. The maximum Gasteiger partial charge on any atom is 0.207 e. The van der Waals surface area contributed by atoms with Gasteiger partial charge in [0.15, 0.2) is 0 Å². The first-order chi connectivity index (χ1) is 9.79. The average molecular weight is 279 g/mol. The van der Waals surface area contributed by atoms with Crippen molar-refractivity contribution in [2.24, 2.45) is 10.8 Å². The Labute approximate surface area is 122 Å². The zero-order chi connectivity index (χ0) is 13.9. The molecule has 20 heavy (non-hydrogen) atoms. The van der Waals surface area contributed by atoms with Crippen molar-refractivity contribution < 1.29 is 0 Å². The third-order valence-electron chi connectivity index (χ3n) is 3.25. The summed E-state index contributed by atoms with van der Waals surface area (Å²) in [5, 5.41) is 4.92. The second kappa shape index (κ2) is 5.36. The Balaban J connectivity index is 2.33. The second-order valence-corrected chi connectivity index (χ2v) is 4.83. The van der Waals surface area contributed by atoms with Crippen molar-refractivity contribution >= 4 is 45.1 Å². The smallest absolute Gasteiger partial charge is 0.207 e. The number of rotatable bonds is 1. The fraction of sp³-hybridized carbons (Fsp3) is 0. The van der Waals surface area contributed by atoms with Crippen molar-refractivity contribution in [1.29, 1.82) is 0 Å². The molecule has 0 unspecified atom stereocenters. The molecule has 3 aromatic carbocycles. The molecule has 4 heteroatoms. The Bertz CT molecular complexity index is 770. The van der Waals surface area contributed by atoms with Crippen LogP contribution in [0.1, 0.15) is 5.56 Å². The van der Waals surface area contributed by atoms with E-state index in [1.165, 1.54) is 10.8 Å². The maximum atomic E-state index is 5.26. The fourth-order valence-electron chi connectivity index (χ4n) is 2.35. The molecule has 0 saturated heterocycles. The van der Waals surface area contributed by atoms with Crippen LogP contribution >= 0.6 is 12.2 Å². The lowest BCUT2D eigenvalue weighted by atomic mass is 9.97. The van der Waals surface area contributed by atoms with Gasteiger partial charge in [-0.1, -0.05) is 48.5 Å². The molecule has 0 radical (unpaired) electrons. The second-order valence-electron chi connectivity index (χ2n) is 4.44. The van der Waals surface area contributed by atoms with Gasteiger partial charge in [0.25, 0.3) is 0 Å². The van der Waals surface area contributed by atoms with Gasteiger partial charge in [-0.15, -0.1) is 0 Å². The number of hydrogen-bond acceptors (Lipinski definition) is 2. The van der Waals surface area contributed by atoms with E-state index < -0.39 is 0 Å². The molecule has 0 amide bonds. The summed E-state index contributed by atoms with van der Waals surface area (Å²) in [7, 11) is 0. The monoisotopic (exact) mass is 279 g/mol. The topological polar surface area (TPSA) is 50.4 Å². The predicted molar refractivity (Wildman–Crippen MR) is 89.0 cm³/mol. The van der Waals surface area contributed by atoms with Gasteiger partial charge < -0.3 is 0 Å². The maximum absolute atomic E-state index is 5.26. The van der Waals surface area contributed by atoms with Crippen LogP contribution in [0.5, 0.6) is 0 Å². The van der Waals surface area contributed by atoms with Crippen LogP contribution in [0, 0.1) is 0 Å². The van der Waals surface area contributed by atoms with E-state index in [4.69, 9.17) is 18.1 Å². The molecular formula is C16H13N3S. The highest BCUT2D eigenvalue weighted by atomic mass is 32.1. The number of thiocarbonyl (C=S) groups is 1. The van der Waals surface area contributed by atoms with Crippen molar-refractivity contribution in [3.8, 4) is 0 Å². The molecule has 0 saturated carbocycles. The van der Waals surface area contributed by atoms with Gasteiger partial charge in [-0.2, -0.15) is 0 Å². The summed E-state index contributed by atoms with van der Waals surface area (Å²) in [5.41, 5.74) is 3.42. The summed E-state index contributed by atoms with van der Waals surface area (Å²) in [6.45, 7) is 0. The molecule has 0 spiro atoms. The van der Waals surface area contributed by atoms with E-state index in [0.29, 0.717) is 0 Å². The molecule has 0 heterocycles. The molecule has 0 aliphatic heterocycles. The van der Waals surface area contributed by atoms with Gasteiger partial charge in [-0.3, -0.25) is 5.43 Å². The molecule has 3 aromatic rings. The highest BCUT2D eigenvalue weighted by Crippen LogP contribution is 2.27. The van der Waals surface area contributed by atoms with Crippen LogP contribution in [-0.2, 0) is 0 Å². The molecule has 0 aliphatic carbocycles. The van der Waals surface area contributed by atoms with E-state index in [0.717, 1.165) is 16.3 Å². The van der Waals surface area contributed by atoms with Gasteiger partial charge in [-0.25, -0.2) is 10.8 Å². The number of aliphatic imine (C=N–C) groups is 1. The van der Waals surface area contributed by atoms with Crippen LogP contribution in [0.25, 0.3) is 21.5 Å². The first-order valence-corrected chi connectivity index (χ1v) is 6.65. The Hall–Kier alpha value is -2.30. The first kappa shape index (κ1) is 12.7. The van der Waals surface area contributed by atoms with E-state index in [1.807, 2.05) is 24.3 Å². The van der Waals surface area contributed by atoms with Crippen LogP contribution in [0.3, 0.4) is 0 Å². The van der Waals surface area contributed by atoms with E-state index in [2.05, 4.69) is 40.8 Å². The minimum Gasteiger partial charge on any atom is -0.299 e. The van der Waals surface area contributed by atoms with E-state index in [9.17, 15) is 0 Å². The van der Waals surface area contributed by atoms with Crippen LogP contribution in [0.15, 0.2) is 59.6 Å². The van der Waals surface area contributed by atoms with Crippen molar-refractivity contribution in [3.63, 3.8) is 0 Å². The quantitative estimate of drug-likeness (QED) is 0.236. The number of nitrogens with one attached hydrogen (secondary N) is 1. The Morgan fingerprint density at radius 3 is 2.10 bits per heavy atom. The van der Waals surface area contributed by atoms with Crippen LogP contribution < -0.4 is 11.3 Å². The first-order valence-electron chi connectivity index (χ1n) is 6.25. The Morgan fingerprint density at radius 2 is 1.55 bits per heavy atom. The highest BCUT2D eigenvalue weighted by molar-refractivity contribution is 7.80. The highest BCUT2D eigenvalue weighted by Gasteiger charge is 2.05. The molecule has 3 rings (SSSR count). The van der Waals surface area contributed by atoms with Crippen LogP contribution in [-0.4, -0.2) is 11.3 Å². The van der Waals surface area contributed by atoms with E-state index in [-0.39, 0.29) is 5.11 Å². The zero-order valence-electron chi connectivity index (χ0n) is 10.7. The SMILES string of the molecule is NNC(=S)N=Cc1c2ccccc2cc2ccccc12. The van der Waals surface area contributed by atoms with E-state index in [1.54, 1.807) is 6.21 Å². The van der Waals surface area contributed by atoms with Gasteiger partial charge in [0.1, 0.15) is 0 Å². The third-order valence-corrected chi connectivity index (χ3v) is 3.47. The van der Waals surface area contributed by atoms with Crippen molar-refractivity contribution in [3.05, 3.63) is 60.2 Å². The normalized spacial score (nSPS) is 11.2. The van der Waals surface area contributed by atoms with Gasteiger partial charge in [0.2, 0.25) is 5.11 Å². The van der Waals surface area contributed by atoms with Gasteiger partial charge in [0, 0.05) is 11.8 Å². The van der Waals surface area contributed by atoms with Crippen molar-refractivity contribution in [1.82, 2.24) is 5.43 Å². The lowest BCUT2D eigenvalue weighted by Gasteiger charge is -2.07. The minimum absolute atomic E-state index is 0.266. The number of fused-ring (bicyclic) bond motifs is 2. The lowest BCUT2D eigenvalue weighted by molar-refractivity contribution is 1.04. The third kappa shape index (κ3) is 2.27. The molecular weight excluding hydrogens is 266 g/mol. The zero-order valence-corrected chi connectivity index (χ0v) is 11.5. The average Bonchev–Trinajstić information content (AvgIpc) is 2.51. The molecule has 0 aromatic heterocycles. The van der Waals surface area contributed by atoms with E-state index >= 15 is 0 Å². The summed E-state index contributed by atoms with van der Waals surface area (Å²) in [4.78, 5) is 4.18. The molecule has 3 nitrogen and oxygen atoms in total. The van der Waals surface area contributed by atoms with Crippen molar-refractivity contribution in [2.45, 2.75) is 0 Å². The summed E-state index contributed by atoms with van der Waals surface area (Å²) >= 11 is 4.97. The number of hydrazine groups is 1. The summed E-state index contributed by atoms with van der Waals surface area (Å²) < 4.78 is 0. The molecule has 0 aliphatic rings. The van der Waals surface area contributed by atoms with Crippen LogP contribution in [0.2, 0.25) is 0 Å². The summed E-state index contributed by atoms with van der Waals surface area (Å²) in [6.07, 6.45) is 1.77. The Morgan fingerprint density at radius 1 is 1.00 bits per heavy atom. The Kier molecular flexibility index (Phi) is 3.41. The standard InChI is InChI=1S/C16H13N3S/c17-19-16(20)18-10-15-13-7-3-1-5-11(13)9-12-6-2-4-8-14(12)15/h1-10H,17H2,(H,19,20). The molecule has 0 atom stereocenters. The number of hydrogen-bond donors (Lipinski definition) is 2. The molecule has 3 N–H and O–H groups in total. The summed E-state index contributed by atoms with van der Waals surface area (Å²) in [6, 6.07) is 18.7. The fourth-order valence-corrected chi connectivity index (χ4v) is 2.40. The van der Waals surface area contributed by atoms with Gasteiger partial charge in [0.05, 0.1) is 0 Å². The van der Waals surface area contributed by atoms with Crippen molar-refractivity contribution in [2.75, 3.05) is 0 Å². The number of benzene rings is 3. The van der Waals surface area contributed by atoms with Crippen LogP contribution in [0.4, 0.5) is 0 Å².